The largest absolute Gasteiger partial charge is 0.333 e. The molecule has 18 heavy (non-hydrogen) atoms. The summed E-state index contributed by atoms with van der Waals surface area (Å²) in [5.41, 5.74) is 0.823. The SMILES string of the molecule is O=C(c1ccccc1)N1CCN[C@@H]2CCCC[C@H]21. The molecule has 2 aliphatic rings. The van der Waals surface area contributed by atoms with Gasteiger partial charge in [-0.3, -0.25) is 4.79 Å². The van der Waals surface area contributed by atoms with Crippen molar-refractivity contribution in [2.24, 2.45) is 0 Å². The van der Waals surface area contributed by atoms with E-state index < -0.39 is 0 Å². The van der Waals surface area contributed by atoms with Crippen LogP contribution >= 0.6 is 0 Å². The fraction of sp³-hybridized carbons (Fsp3) is 0.533. The van der Waals surface area contributed by atoms with Crippen LogP contribution in [0.1, 0.15) is 36.0 Å². The summed E-state index contributed by atoms with van der Waals surface area (Å²) in [5, 5.41) is 3.56. The van der Waals surface area contributed by atoms with Gasteiger partial charge < -0.3 is 10.2 Å². The fourth-order valence-corrected chi connectivity index (χ4v) is 3.26. The molecule has 1 aromatic carbocycles. The van der Waals surface area contributed by atoms with Gasteiger partial charge in [0, 0.05) is 30.7 Å². The average Bonchev–Trinajstić information content (AvgIpc) is 2.47. The molecular weight excluding hydrogens is 224 g/mol. The maximum absolute atomic E-state index is 12.6. The lowest BCUT2D eigenvalue weighted by atomic mass is 9.87. The van der Waals surface area contributed by atoms with Crippen molar-refractivity contribution in [3.05, 3.63) is 35.9 Å². The molecule has 0 spiro atoms. The minimum atomic E-state index is 0.203. The minimum absolute atomic E-state index is 0.203. The Balaban J connectivity index is 1.80. The lowest BCUT2D eigenvalue weighted by molar-refractivity contribution is 0.0489. The molecule has 0 aromatic heterocycles. The Morgan fingerprint density at radius 1 is 1.17 bits per heavy atom. The highest BCUT2D eigenvalue weighted by Crippen LogP contribution is 2.26. The van der Waals surface area contributed by atoms with E-state index in [0.717, 1.165) is 25.1 Å². The molecule has 3 nitrogen and oxygen atoms in total. The molecule has 1 N–H and O–H groups in total. The molecule has 1 saturated heterocycles. The van der Waals surface area contributed by atoms with Crippen LogP contribution in [0.2, 0.25) is 0 Å². The summed E-state index contributed by atoms with van der Waals surface area (Å²) < 4.78 is 0. The normalized spacial score (nSPS) is 27.7. The average molecular weight is 244 g/mol. The topological polar surface area (TPSA) is 32.3 Å². The molecule has 1 aliphatic carbocycles. The van der Waals surface area contributed by atoms with Crippen LogP contribution in [0.15, 0.2) is 30.3 Å². The van der Waals surface area contributed by atoms with Crippen LogP contribution in [0, 0.1) is 0 Å². The van der Waals surface area contributed by atoms with Crippen LogP contribution in [0.4, 0.5) is 0 Å². The number of fused-ring (bicyclic) bond motifs is 1. The lowest BCUT2D eigenvalue weighted by Crippen LogP contribution is -2.60. The van der Waals surface area contributed by atoms with E-state index in [2.05, 4.69) is 10.2 Å². The smallest absolute Gasteiger partial charge is 0.254 e. The second-order valence-electron chi connectivity index (χ2n) is 5.28. The van der Waals surface area contributed by atoms with Crippen molar-refractivity contribution in [2.75, 3.05) is 13.1 Å². The Kier molecular flexibility index (Phi) is 3.33. The predicted octanol–water partition coefficient (Wildman–Crippen LogP) is 2.04. The zero-order valence-electron chi connectivity index (χ0n) is 10.6. The predicted molar refractivity (Wildman–Crippen MR) is 71.5 cm³/mol. The van der Waals surface area contributed by atoms with Crippen molar-refractivity contribution in [3.63, 3.8) is 0 Å². The molecule has 96 valence electrons. The van der Waals surface area contributed by atoms with Crippen molar-refractivity contribution in [3.8, 4) is 0 Å². The number of carbonyl (C=O) groups excluding carboxylic acids is 1. The summed E-state index contributed by atoms with van der Waals surface area (Å²) in [6.45, 7) is 1.77. The van der Waals surface area contributed by atoms with Crippen molar-refractivity contribution >= 4 is 5.91 Å². The van der Waals surface area contributed by atoms with Crippen molar-refractivity contribution in [1.29, 1.82) is 0 Å². The summed E-state index contributed by atoms with van der Waals surface area (Å²) in [6, 6.07) is 10.6. The van der Waals surface area contributed by atoms with Crippen LogP contribution in [0.5, 0.6) is 0 Å². The van der Waals surface area contributed by atoms with E-state index in [1.807, 2.05) is 30.3 Å². The fourth-order valence-electron chi connectivity index (χ4n) is 3.26. The summed E-state index contributed by atoms with van der Waals surface area (Å²) >= 11 is 0. The summed E-state index contributed by atoms with van der Waals surface area (Å²) in [4.78, 5) is 14.6. The van der Waals surface area contributed by atoms with E-state index in [1.165, 1.54) is 19.3 Å². The van der Waals surface area contributed by atoms with E-state index in [1.54, 1.807) is 0 Å². The number of piperazine rings is 1. The maximum atomic E-state index is 12.6. The Morgan fingerprint density at radius 2 is 1.94 bits per heavy atom. The van der Waals surface area contributed by atoms with Gasteiger partial charge in [0.25, 0.3) is 5.91 Å². The van der Waals surface area contributed by atoms with E-state index in [9.17, 15) is 4.79 Å². The zero-order valence-corrected chi connectivity index (χ0v) is 10.6. The number of nitrogens with one attached hydrogen (secondary N) is 1. The molecule has 1 saturated carbocycles. The van der Waals surface area contributed by atoms with Gasteiger partial charge in [-0.25, -0.2) is 0 Å². The first-order valence-corrected chi connectivity index (χ1v) is 6.95. The third kappa shape index (κ3) is 2.15. The molecule has 2 atom stereocenters. The molecule has 0 bridgehead atoms. The van der Waals surface area contributed by atoms with Gasteiger partial charge in [-0.2, -0.15) is 0 Å². The van der Waals surface area contributed by atoms with Crippen LogP contribution in [-0.4, -0.2) is 36.0 Å². The summed E-state index contributed by atoms with van der Waals surface area (Å²) in [5.74, 6) is 0.203. The highest BCUT2D eigenvalue weighted by atomic mass is 16.2. The number of carbonyl (C=O) groups is 1. The minimum Gasteiger partial charge on any atom is -0.333 e. The van der Waals surface area contributed by atoms with Gasteiger partial charge >= 0.3 is 0 Å². The van der Waals surface area contributed by atoms with Gasteiger partial charge in [0.05, 0.1) is 0 Å². The van der Waals surface area contributed by atoms with Gasteiger partial charge in [0.1, 0.15) is 0 Å². The first kappa shape index (κ1) is 11.7. The molecule has 3 rings (SSSR count). The van der Waals surface area contributed by atoms with E-state index in [-0.39, 0.29) is 5.91 Å². The van der Waals surface area contributed by atoms with Gasteiger partial charge in [-0.1, -0.05) is 31.0 Å². The molecule has 0 unspecified atom stereocenters. The second-order valence-corrected chi connectivity index (χ2v) is 5.28. The number of amides is 1. The Hall–Kier alpha value is -1.35. The van der Waals surface area contributed by atoms with Crippen LogP contribution in [-0.2, 0) is 0 Å². The third-order valence-electron chi connectivity index (χ3n) is 4.17. The molecule has 2 fully saturated rings. The Morgan fingerprint density at radius 3 is 2.78 bits per heavy atom. The molecule has 1 heterocycles. The number of rotatable bonds is 1. The number of nitrogens with zero attached hydrogens (tertiary/aromatic N) is 1. The first-order chi connectivity index (χ1) is 8.86. The lowest BCUT2D eigenvalue weighted by Gasteiger charge is -2.44. The Bertz CT molecular complexity index is 416. The molecule has 0 radical (unpaired) electrons. The highest BCUT2D eigenvalue weighted by molar-refractivity contribution is 5.94. The molecular formula is C15H20N2O. The number of benzene rings is 1. The Labute approximate surface area is 108 Å². The van der Waals surface area contributed by atoms with Gasteiger partial charge in [0.2, 0.25) is 0 Å². The zero-order chi connectivity index (χ0) is 12.4. The molecule has 1 amide bonds. The summed E-state index contributed by atoms with van der Waals surface area (Å²) in [7, 11) is 0. The van der Waals surface area contributed by atoms with E-state index in [0.29, 0.717) is 12.1 Å². The third-order valence-corrected chi connectivity index (χ3v) is 4.17. The summed E-state index contributed by atoms with van der Waals surface area (Å²) in [6.07, 6.45) is 4.91. The quantitative estimate of drug-likeness (QED) is 0.820. The molecule has 1 aromatic rings. The van der Waals surface area contributed by atoms with Crippen LogP contribution < -0.4 is 5.32 Å². The monoisotopic (exact) mass is 244 g/mol. The first-order valence-electron chi connectivity index (χ1n) is 6.95. The maximum Gasteiger partial charge on any atom is 0.254 e. The highest BCUT2D eigenvalue weighted by Gasteiger charge is 2.35. The van der Waals surface area contributed by atoms with Crippen molar-refractivity contribution < 1.29 is 4.79 Å². The van der Waals surface area contributed by atoms with Crippen molar-refractivity contribution in [1.82, 2.24) is 10.2 Å². The van der Waals surface area contributed by atoms with E-state index >= 15 is 0 Å². The second kappa shape index (κ2) is 5.11. The van der Waals surface area contributed by atoms with Crippen molar-refractivity contribution in [2.45, 2.75) is 37.8 Å². The van der Waals surface area contributed by atoms with E-state index in [4.69, 9.17) is 0 Å². The standard InChI is InChI=1S/C15H20N2O/c18-15(12-6-2-1-3-7-12)17-11-10-16-13-8-4-5-9-14(13)17/h1-3,6-7,13-14,16H,4-5,8-11H2/t13-,14-/m1/s1. The molecule has 1 aliphatic heterocycles. The van der Waals surface area contributed by atoms with Crippen LogP contribution in [0.3, 0.4) is 0 Å². The number of hydrogen-bond acceptors (Lipinski definition) is 2. The van der Waals surface area contributed by atoms with Crippen LogP contribution in [0.25, 0.3) is 0 Å². The van der Waals surface area contributed by atoms with Gasteiger partial charge in [-0.05, 0) is 25.0 Å². The van der Waals surface area contributed by atoms with Gasteiger partial charge in [0.15, 0.2) is 0 Å². The molecule has 3 heteroatoms. The van der Waals surface area contributed by atoms with Gasteiger partial charge in [-0.15, -0.1) is 0 Å². The number of hydrogen-bond donors (Lipinski definition) is 1.